The predicted octanol–water partition coefficient (Wildman–Crippen LogP) is 16.9. The second-order valence-corrected chi connectivity index (χ2v) is 25.9. The lowest BCUT2D eigenvalue weighted by Crippen LogP contribution is -2.37. The van der Waals surface area contributed by atoms with Crippen molar-refractivity contribution in [3.8, 4) is 33.6 Å². The fourth-order valence-corrected chi connectivity index (χ4v) is 14.4. The van der Waals surface area contributed by atoms with Crippen molar-refractivity contribution >= 4 is 73.2 Å². The highest BCUT2D eigenvalue weighted by atomic mass is 15.0. The number of anilines is 2. The molecule has 3 nitrogen and oxygen atoms in total. The molecule has 4 heteroatoms. The normalized spacial score (nSPS) is 18.0. The summed E-state index contributed by atoms with van der Waals surface area (Å²) in [5.74, 6) is 0. The molecule has 0 bridgehead atoms. The fourth-order valence-electron chi connectivity index (χ4n) is 14.4. The average Bonchev–Trinajstić information content (AvgIpc) is 3.97. The quantitative estimate of drug-likeness (QED) is 0.175. The highest BCUT2D eigenvalue weighted by Crippen LogP contribution is 2.57. The number of para-hydroxylation sites is 2. The van der Waals surface area contributed by atoms with Crippen LogP contribution in [0.4, 0.5) is 11.4 Å². The lowest BCUT2D eigenvalue weighted by atomic mass is 9.58. The van der Waals surface area contributed by atoms with E-state index in [2.05, 4.69) is 238 Å². The van der Waals surface area contributed by atoms with Gasteiger partial charge in [-0.3, -0.25) is 0 Å². The second-order valence-electron chi connectivity index (χ2n) is 25.9. The average molecular weight is 949 g/mol. The number of hydrogen-bond acceptors (Lipinski definition) is 1. The second kappa shape index (κ2) is 14.7. The van der Waals surface area contributed by atoms with Crippen molar-refractivity contribution in [2.45, 2.75) is 136 Å². The summed E-state index contributed by atoms with van der Waals surface area (Å²) in [4.78, 5) is 0. The Kier molecular flexibility index (Phi) is 9.05. The van der Waals surface area contributed by atoms with Crippen LogP contribution in [0.5, 0.6) is 0 Å². The van der Waals surface area contributed by atoms with E-state index >= 15 is 0 Å². The fraction of sp³-hybridized carbons (Fsp3) is 0.304. The standard InChI is InChI=1S/C69H67BN3/c1-39-21-24-41(25-22-39)71-56-37-50-44(45-33-51-53(36-49(45)69(50,11)12)67(7,8)29-27-65(51,3)4)32-46(56)47-35-61(72-57-19-15-13-17-42(57)43-18-14-16-20-58(43)72)62-48-34-52-54(68(9,10)30-28-66(52,5)6)38-60(48)73-59-26-23-40(2)31-55(59)70-63(47)64(62)73/h13-26,31-38,71H,27-30H2,1-12H3. The van der Waals surface area contributed by atoms with Gasteiger partial charge in [0.15, 0.2) is 7.28 Å². The minimum atomic E-state index is -0.207. The van der Waals surface area contributed by atoms with Gasteiger partial charge in [-0.1, -0.05) is 153 Å². The Morgan fingerprint density at radius 3 is 1.62 bits per heavy atom. The number of hydrogen-bond donors (Lipinski definition) is 1. The highest BCUT2D eigenvalue weighted by molar-refractivity contribution is 6.73. The third kappa shape index (κ3) is 6.25. The number of fused-ring (bicyclic) bond motifs is 13. The molecule has 4 aliphatic rings. The van der Waals surface area contributed by atoms with Crippen LogP contribution in [0.15, 0.2) is 133 Å². The SMILES string of the molecule is Cc1ccc(Nc2cc3c(cc2-c2cc(-n4c5ccccc5c5ccccc54)c4c5cc6c(cc5n5c4c2[B]c2cc(C)ccc2-5)C(C)(C)CCC6(C)C)-c2cc4c(cc2C3(C)C)C(C)(C)CCC4(C)C)cc1. The Balaban J connectivity index is 1.17. The van der Waals surface area contributed by atoms with E-state index in [0.29, 0.717) is 0 Å². The molecule has 2 aromatic heterocycles. The summed E-state index contributed by atoms with van der Waals surface area (Å²) in [7, 11) is 2.53. The van der Waals surface area contributed by atoms with Gasteiger partial charge in [-0.15, -0.1) is 0 Å². The third-order valence-corrected chi connectivity index (χ3v) is 19.0. The first-order valence-electron chi connectivity index (χ1n) is 27.1. The molecule has 0 atom stereocenters. The van der Waals surface area contributed by atoms with E-state index in [1.54, 1.807) is 0 Å². The summed E-state index contributed by atoms with van der Waals surface area (Å²) in [5.41, 5.74) is 28.8. The third-order valence-electron chi connectivity index (χ3n) is 19.0. The van der Waals surface area contributed by atoms with Gasteiger partial charge in [-0.05, 0) is 183 Å². The Hall–Kier alpha value is -6.78. The van der Waals surface area contributed by atoms with Crippen molar-refractivity contribution in [2.75, 3.05) is 5.32 Å². The highest BCUT2D eigenvalue weighted by Gasteiger charge is 2.44. The number of aryl methyl sites for hydroxylation is 2. The number of nitrogens with zero attached hydrogens (tertiary/aromatic N) is 2. The topological polar surface area (TPSA) is 21.9 Å². The first-order chi connectivity index (χ1) is 34.7. The molecule has 8 aromatic carbocycles. The molecule has 0 fully saturated rings. The van der Waals surface area contributed by atoms with Gasteiger partial charge < -0.3 is 14.5 Å². The zero-order valence-corrected chi connectivity index (χ0v) is 45.0. The molecule has 0 spiro atoms. The van der Waals surface area contributed by atoms with Crippen LogP contribution in [0, 0.1) is 13.8 Å². The van der Waals surface area contributed by atoms with E-state index in [-0.39, 0.29) is 27.1 Å². The lowest BCUT2D eigenvalue weighted by molar-refractivity contribution is 0.331. The molecular formula is C69H67BN3. The van der Waals surface area contributed by atoms with Gasteiger partial charge in [-0.2, -0.15) is 0 Å². The molecular weight excluding hydrogens is 882 g/mol. The van der Waals surface area contributed by atoms with Crippen LogP contribution in [-0.2, 0) is 27.1 Å². The Bertz CT molecular complexity index is 4020. The van der Waals surface area contributed by atoms with Gasteiger partial charge in [0.05, 0.1) is 27.8 Å². The summed E-state index contributed by atoms with van der Waals surface area (Å²) >= 11 is 0. The van der Waals surface area contributed by atoms with Gasteiger partial charge >= 0.3 is 0 Å². The van der Waals surface area contributed by atoms with E-state index < -0.39 is 0 Å². The van der Waals surface area contributed by atoms with Crippen LogP contribution in [0.1, 0.15) is 139 Å². The summed E-state index contributed by atoms with van der Waals surface area (Å²) in [6.07, 6.45) is 4.71. The number of rotatable bonds is 4. The predicted molar refractivity (Wildman–Crippen MR) is 313 cm³/mol. The molecule has 3 heterocycles. The molecule has 0 unspecified atom stereocenters. The van der Waals surface area contributed by atoms with Crippen LogP contribution >= 0.6 is 0 Å². The van der Waals surface area contributed by atoms with Crippen LogP contribution in [0.2, 0.25) is 0 Å². The molecule has 10 aromatic rings. The van der Waals surface area contributed by atoms with Crippen molar-refractivity contribution in [2.24, 2.45) is 0 Å². The van der Waals surface area contributed by atoms with Gasteiger partial charge in [0.1, 0.15) is 0 Å². The molecule has 0 saturated heterocycles. The summed E-state index contributed by atoms with van der Waals surface area (Å²) in [6.45, 7) is 29.1. The minimum absolute atomic E-state index is 0.0415. The van der Waals surface area contributed by atoms with E-state index in [1.165, 1.54) is 146 Å². The summed E-state index contributed by atoms with van der Waals surface area (Å²) in [5, 5.41) is 9.27. The van der Waals surface area contributed by atoms with E-state index in [9.17, 15) is 0 Å². The van der Waals surface area contributed by atoms with E-state index in [0.717, 1.165) is 24.2 Å². The smallest absolute Gasteiger partial charge is 0.197 e. The first-order valence-corrected chi connectivity index (χ1v) is 27.1. The van der Waals surface area contributed by atoms with Crippen molar-refractivity contribution in [3.05, 3.63) is 178 Å². The van der Waals surface area contributed by atoms with Crippen molar-refractivity contribution in [3.63, 3.8) is 0 Å². The molecule has 1 N–H and O–H groups in total. The lowest BCUT2D eigenvalue weighted by Gasteiger charge is -2.42. The van der Waals surface area contributed by atoms with Crippen molar-refractivity contribution < 1.29 is 0 Å². The van der Waals surface area contributed by atoms with Gasteiger partial charge in [0.25, 0.3) is 0 Å². The number of aromatic nitrogens is 2. The first kappa shape index (κ1) is 44.9. The Morgan fingerprint density at radius 2 is 0.973 bits per heavy atom. The van der Waals surface area contributed by atoms with E-state index in [4.69, 9.17) is 0 Å². The maximum absolute atomic E-state index is 4.10. The monoisotopic (exact) mass is 949 g/mol. The number of benzene rings is 8. The summed E-state index contributed by atoms with van der Waals surface area (Å²) < 4.78 is 5.27. The molecule has 14 rings (SSSR count). The molecule has 73 heavy (non-hydrogen) atoms. The molecule has 1 radical (unpaired) electrons. The molecule has 1 aliphatic heterocycles. The van der Waals surface area contributed by atoms with Gasteiger partial charge in [-0.25, -0.2) is 0 Å². The van der Waals surface area contributed by atoms with Crippen LogP contribution in [0.3, 0.4) is 0 Å². The van der Waals surface area contributed by atoms with Crippen molar-refractivity contribution in [1.82, 2.24) is 9.13 Å². The van der Waals surface area contributed by atoms with Gasteiger partial charge in [0.2, 0.25) is 0 Å². The van der Waals surface area contributed by atoms with Crippen LogP contribution < -0.4 is 16.2 Å². The molecule has 0 saturated carbocycles. The zero-order valence-electron chi connectivity index (χ0n) is 45.0. The number of nitrogens with one attached hydrogen (secondary N) is 1. The van der Waals surface area contributed by atoms with Crippen molar-refractivity contribution in [1.29, 1.82) is 0 Å². The van der Waals surface area contributed by atoms with Gasteiger partial charge in [0, 0.05) is 49.6 Å². The van der Waals surface area contributed by atoms with Crippen LogP contribution in [-0.4, -0.2) is 16.4 Å². The zero-order chi connectivity index (χ0) is 50.5. The largest absolute Gasteiger partial charge is 0.355 e. The maximum atomic E-state index is 4.10. The maximum Gasteiger partial charge on any atom is 0.197 e. The molecule has 361 valence electrons. The Labute approximate surface area is 432 Å². The molecule has 3 aliphatic carbocycles. The van der Waals surface area contributed by atoms with Crippen LogP contribution in [0.25, 0.3) is 77.2 Å². The Morgan fingerprint density at radius 1 is 0.425 bits per heavy atom. The summed E-state index contributed by atoms with van der Waals surface area (Å²) in [6, 6.07) is 52.4. The molecule has 0 amide bonds. The minimum Gasteiger partial charge on any atom is -0.355 e. The van der Waals surface area contributed by atoms with E-state index in [1.807, 2.05) is 0 Å².